The first-order valence-corrected chi connectivity index (χ1v) is 7.89. The van der Waals surface area contributed by atoms with Crippen molar-refractivity contribution in [2.75, 3.05) is 5.32 Å². The number of furan rings is 1. The van der Waals surface area contributed by atoms with Crippen LogP contribution in [-0.2, 0) is 11.2 Å². The van der Waals surface area contributed by atoms with Gasteiger partial charge in [0.2, 0.25) is 5.91 Å². The second kappa shape index (κ2) is 7.32. The summed E-state index contributed by atoms with van der Waals surface area (Å²) in [5.41, 5.74) is 0.986. The molecule has 0 aliphatic rings. The van der Waals surface area contributed by atoms with Gasteiger partial charge in [-0.25, -0.2) is 4.39 Å². The Balaban J connectivity index is 1.61. The zero-order chi connectivity index (χ0) is 16.9. The lowest BCUT2D eigenvalue weighted by Gasteiger charge is -2.06. The molecule has 0 spiro atoms. The molecule has 0 aliphatic carbocycles. The van der Waals surface area contributed by atoms with Crippen molar-refractivity contribution in [3.8, 4) is 11.3 Å². The number of aryl methyl sites for hydroxylation is 1. The van der Waals surface area contributed by atoms with Gasteiger partial charge in [0.25, 0.3) is 0 Å². The molecule has 0 unspecified atom stereocenters. The number of hydrogen-bond donors (Lipinski definition) is 1. The molecule has 0 bridgehead atoms. The number of halogens is 2. The molecule has 3 aromatic rings. The Kier molecular flexibility index (Phi) is 4.96. The van der Waals surface area contributed by atoms with Crippen LogP contribution in [0.25, 0.3) is 11.3 Å². The summed E-state index contributed by atoms with van der Waals surface area (Å²) in [4.78, 5) is 12.0. The third kappa shape index (κ3) is 3.84. The maximum atomic E-state index is 13.7. The summed E-state index contributed by atoms with van der Waals surface area (Å²) < 4.78 is 19.4. The number of amides is 1. The third-order valence-corrected chi connectivity index (χ3v) is 3.88. The van der Waals surface area contributed by atoms with E-state index in [-0.39, 0.29) is 18.1 Å². The average Bonchev–Trinajstić information content (AvgIpc) is 3.04. The van der Waals surface area contributed by atoms with Gasteiger partial charge in [-0.1, -0.05) is 35.9 Å². The molecule has 0 saturated heterocycles. The van der Waals surface area contributed by atoms with Crippen molar-refractivity contribution in [2.24, 2.45) is 0 Å². The molecule has 1 N–H and O–H groups in total. The summed E-state index contributed by atoms with van der Waals surface area (Å²) in [7, 11) is 0. The molecule has 0 radical (unpaired) electrons. The molecule has 3 rings (SSSR count). The number of nitrogens with one attached hydrogen (secondary N) is 1. The number of carbonyl (C=O) groups is 1. The Morgan fingerprint density at radius 3 is 2.58 bits per heavy atom. The van der Waals surface area contributed by atoms with Gasteiger partial charge in [-0.15, -0.1) is 0 Å². The molecule has 0 aliphatic heterocycles. The highest BCUT2D eigenvalue weighted by Crippen LogP contribution is 2.25. The van der Waals surface area contributed by atoms with Crippen LogP contribution >= 0.6 is 11.6 Å². The summed E-state index contributed by atoms with van der Waals surface area (Å²) in [5, 5.41) is 3.25. The second-order valence-electron chi connectivity index (χ2n) is 5.27. The molecule has 1 heterocycles. The van der Waals surface area contributed by atoms with Crippen molar-refractivity contribution < 1.29 is 13.6 Å². The van der Waals surface area contributed by atoms with Crippen LogP contribution in [0.2, 0.25) is 5.02 Å². The Labute approximate surface area is 144 Å². The average molecular weight is 344 g/mol. The molecule has 0 fully saturated rings. The molecule has 0 atom stereocenters. The van der Waals surface area contributed by atoms with E-state index in [9.17, 15) is 9.18 Å². The maximum Gasteiger partial charge on any atom is 0.224 e. The summed E-state index contributed by atoms with van der Waals surface area (Å²) in [6.45, 7) is 0. The molecule has 0 saturated carbocycles. The van der Waals surface area contributed by atoms with Gasteiger partial charge in [-0.2, -0.15) is 0 Å². The summed E-state index contributed by atoms with van der Waals surface area (Å²) >= 11 is 6.00. The van der Waals surface area contributed by atoms with Gasteiger partial charge in [0, 0.05) is 12.8 Å². The number of rotatable bonds is 5. The van der Waals surface area contributed by atoms with E-state index in [1.54, 1.807) is 54.6 Å². The number of para-hydroxylation sites is 1. The lowest BCUT2D eigenvalue weighted by Crippen LogP contribution is -2.12. The van der Waals surface area contributed by atoms with E-state index in [2.05, 4.69) is 5.32 Å². The predicted molar refractivity (Wildman–Crippen MR) is 92.5 cm³/mol. The molecular formula is C19H15ClFNO2. The molecule has 24 heavy (non-hydrogen) atoms. The van der Waals surface area contributed by atoms with E-state index in [1.165, 1.54) is 6.07 Å². The van der Waals surface area contributed by atoms with Crippen LogP contribution in [0.15, 0.2) is 65.1 Å². The van der Waals surface area contributed by atoms with Gasteiger partial charge >= 0.3 is 0 Å². The molecule has 3 nitrogen and oxygen atoms in total. The zero-order valence-corrected chi connectivity index (χ0v) is 13.5. The van der Waals surface area contributed by atoms with Crippen LogP contribution in [-0.4, -0.2) is 5.91 Å². The van der Waals surface area contributed by atoms with Crippen molar-refractivity contribution in [1.29, 1.82) is 0 Å². The Morgan fingerprint density at radius 1 is 1.04 bits per heavy atom. The van der Waals surface area contributed by atoms with Gasteiger partial charge in [-0.05, 0) is 36.4 Å². The fraction of sp³-hybridized carbons (Fsp3) is 0.105. The minimum atomic E-state index is -0.338. The summed E-state index contributed by atoms with van der Waals surface area (Å²) in [5.74, 6) is 0.582. The fourth-order valence-electron chi connectivity index (χ4n) is 2.33. The second-order valence-corrected chi connectivity index (χ2v) is 5.68. The van der Waals surface area contributed by atoms with E-state index >= 15 is 0 Å². The molecule has 5 heteroatoms. The zero-order valence-electron chi connectivity index (χ0n) is 12.8. The van der Waals surface area contributed by atoms with Crippen molar-refractivity contribution in [3.63, 3.8) is 0 Å². The number of benzene rings is 2. The SMILES string of the molecule is O=C(CCc1ccc(-c2ccccc2F)o1)Nc1ccccc1Cl. The highest BCUT2D eigenvalue weighted by atomic mass is 35.5. The highest BCUT2D eigenvalue weighted by molar-refractivity contribution is 6.33. The summed E-state index contributed by atoms with van der Waals surface area (Å²) in [6.07, 6.45) is 0.667. The van der Waals surface area contributed by atoms with Crippen LogP contribution in [0.4, 0.5) is 10.1 Å². The van der Waals surface area contributed by atoms with Gasteiger partial charge < -0.3 is 9.73 Å². The Hall–Kier alpha value is -2.59. The Morgan fingerprint density at radius 2 is 1.79 bits per heavy atom. The molecule has 1 aromatic heterocycles. The minimum absolute atomic E-state index is 0.160. The van der Waals surface area contributed by atoms with Crippen molar-refractivity contribution in [2.45, 2.75) is 12.8 Å². The predicted octanol–water partition coefficient (Wildman–Crippen LogP) is 5.31. The fourth-order valence-corrected chi connectivity index (χ4v) is 2.51. The van der Waals surface area contributed by atoms with E-state index in [0.29, 0.717) is 34.2 Å². The van der Waals surface area contributed by atoms with E-state index in [1.807, 2.05) is 0 Å². The monoisotopic (exact) mass is 343 g/mol. The quantitative estimate of drug-likeness (QED) is 0.682. The minimum Gasteiger partial charge on any atom is -0.461 e. The summed E-state index contributed by atoms with van der Waals surface area (Å²) in [6, 6.07) is 16.9. The first-order chi connectivity index (χ1) is 11.6. The van der Waals surface area contributed by atoms with Crippen molar-refractivity contribution in [1.82, 2.24) is 0 Å². The van der Waals surface area contributed by atoms with Crippen LogP contribution in [0.5, 0.6) is 0 Å². The van der Waals surface area contributed by atoms with E-state index in [4.69, 9.17) is 16.0 Å². The number of anilines is 1. The van der Waals surface area contributed by atoms with E-state index < -0.39 is 0 Å². The van der Waals surface area contributed by atoms with Crippen LogP contribution in [0.1, 0.15) is 12.2 Å². The topological polar surface area (TPSA) is 42.2 Å². The number of hydrogen-bond acceptors (Lipinski definition) is 2. The normalized spacial score (nSPS) is 10.6. The smallest absolute Gasteiger partial charge is 0.224 e. The van der Waals surface area contributed by atoms with Crippen LogP contribution in [0, 0.1) is 5.82 Å². The van der Waals surface area contributed by atoms with Gasteiger partial charge in [0.1, 0.15) is 17.3 Å². The molecule has 1 amide bonds. The first-order valence-electron chi connectivity index (χ1n) is 7.51. The standard InChI is InChI=1S/C19H15ClFNO2/c20-15-6-2-4-8-17(15)22-19(23)12-10-13-9-11-18(24-13)14-5-1-3-7-16(14)21/h1-9,11H,10,12H2,(H,22,23). The maximum absolute atomic E-state index is 13.7. The van der Waals surface area contributed by atoms with Gasteiger partial charge in [-0.3, -0.25) is 4.79 Å². The first kappa shape index (κ1) is 16.3. The lowest BCUT2D eigenvalue weighted by atomic mass is 10.1. The van der Waals surface area contributed by atoms with Gasteiger partial charge in [0.15, 0.2) is 0 Å². The molecule has 2 aromatic carbocycles. The van der Waals surface area contributed by atoms with Crippen molar-refractivity contribution >= 4 is 23.2 Å². The van der Waals surface area contributed by atoms with E-state index in [0.717, 1.165) is 0 Å². The third-order valence-electron chi connectivity index (χ3n) is 3.55. The Bertz CT molecular complexity index is 860. The molecular weight excluding hydrogens is 329 g/mol. The number of carbonyl (C=O) groups excluding carboxylic acids is 1. The molecule has 122 valence electrons. The highest BCUT2D eigenvalue weighted by Gasteiger charge is 2.11. The van der Waals surface area contributed by atoms with Gasteiger partial charge in [0.05, 0.1) is 16.3 Å². The van der Waals surface area contributed by atoms with Crippen LogP contribution in [0.3, 0.4) is 0 Å². The lowest BCUT2D eigenvalue weighted by molar-refractivity contribution is -0.116. The van der Waals surface area contributed by atoms with Crippen LogP contribution < -0.4 is 5.32 Å². The largest absolute Gasteiger partial charge is 0.461 e. The van der Waals surface area contributed by atoms with Crippen molar-refractivity contribution in [3.05, 3.63) is 77.3 Å².